The van der Waals surface area contributed by atoms with Crippen molar-refractivity contribution in [3.63, 3.8) is 0 Å². The number of aryl methyl sites for hydroxylation is 2. The quantitative estimate of drug-likeness (QED) is 0.925. The summed E-state index contributed by atoms with van der Waals surface area (Å²) in [7, 11) is 1.91. The molecular weight excluding hydrogens is 260 g/mol. The van der Waals surface area contributed by atoms with Gasteiger partial charge in [-0.15, -0.1) is 0 Å². The summed E-state index contributed by atoms with van der Waals surface area (Å²) < 4.78 is 0. The van der Waals surface area contributed by atoms with Crippen molar-refractivity contribution >= 4 is 11.6 Å². The molecule has 1 N–H and O–H groups in total. The highest BCUT2D eigenvalue weighted by Gasteiger charge is 2.34. The number of rotatable bonds is 3. The summed E-state index contributed by atoms with van der Waals surface area (Å²) in [6.07, 6.45) is 5.62. The fraction of sp³-hybridized carbons (Fsp3) is 0.611. The van der Waals surface area contributed by atoms with E-state index in [-0.39, 0.29) is 5.91 Å². The van der Waals surface area contributed by atoms with Crippen molar-refractivity contribution in [1.82, 2.24) is 5.32 Å². The highest BCUT2D eigenvalue weighted by molar-refractivity contribution is 5.93. The Labute approximate surface area is 127 Å². The molecule has 1 aromatic rings. The number of piperidine rings is 1. The Hall–Kier alpha value is -1.35. The van der Waals surface area contributed by atoms with Gasteiger partial charge in [-0.25, -0.2) is 0 Å². The van der Waals surface area contributed by atoms with Crippen LogP contribution in [0.1, 0.15) is 43.2 Å². The lowest BCUT2D eigenvalue weighted by Crippen LogP contribution is -2.40. The van der Waals surface area contributed by atoms with Crippen molar-refractivity contribution in [2.75, 3.05) is 11.9 Å². The largest absolute Gasteiger partial charge is 0.315 e. The van der Waals surface area contributed by atoms with E-state index in [1.54, 1.807) is 0 Å². The van der Waals surface area contributed by atoms with Crippen LogP contribution in [-0.2, 0) is 4.79 Å². The Bertz CT molecular complexity index is 528. The second kappa shape index (κ2) is 5.80. The number of hydrogen-bond donors (Lipinski definition) is 1. The van der Waals surface area contributed by atoms with Gasteiger partial charge in [0.25, 0.3) is 0 Å². The number of benzene rings is 1. The average molecular weight is 286 g/mol. The number of nitrogens with zero attached hydrogens (tertiary/aromatic N) is 1. The Morgan fingerprint density at radius 3 is 2.52 bits per heavy atom. The van der Waals surface area contributed by atoms with Gasteiger partial charge in [0.05, 0.1) is 0 Å². The van der Waals surface area contributed by atoms with E-state index in [0.29, 0.717) is 24.4 Å². The molecule has 2 bridgehead atoms. The van der Waals surface area contributed by atoms with Crippen LogP contribution in [0.2, 0.25) is 0 Å². The third-order valence-electron chi connectivity index (χ3n) is 5.12. The molecule has 0 saturated carbocycles. The summed E-state index contributed by atoms with van der Waals surface area (Å²) in [5, 5.41) is 3.64. The summed E-state index contributed by atoms with van der Waals surface area (Å²) in [4.78, 5) is 14.4. The Morgan fingerprint density at radius 1 is 1.24 bits per heavy atom. The number of nitrogens with one attached hydrogen (secondary N) is 1. The van der Waals surface area contributed by atoms with Crippen LogP contribution in [0.15, 0.2) is 18.2 Å². The van der Waals surface area contributed by atoms with Gasteiger partial charge in [0.1, 0.15) is 0 Å². The molecule has 2 aliphatic heterocycles. The Morgan fingerprint density at radius 2 is 1.90 bits per heavy atom. The number of hydrogen-bond acceptors (Lipinski definition) is 2. The van der Waals surface area contributed by atoms with Crippen LogP contribution in [0.25, 0.3) is 0 Å². The van der Waals surface area contributed by atoms with E-state index in [1.165, 1.54) is 36.8 Å². The Kier molecular flexibility index (Phi) is 4.03. The molecule has 114 valence electrons. The molecule has 0 aromatic heterocycles. The molecule has 2 unspecified atom stereocenters. The predicted octanol–water partition coefficient (Wildman–Crippen LogP) is 3.19. The lowest BCUT2D eigenvalue weighted by Gasteiger charge is -2.30. The van der Waals surface area contributed by atoms with E-state index in [2.05, 4.69) is 37.4 Å². The van der Waals surface area contributed by atoms with Gasteiger partial charge in [-0.3, -0.25) is 4.79 Å². The molecule has 1 aromatic carbocycles. The predicted molar refractivity (Wildman–Crippen MR) is 86.6 cm³/mol. The SMILES string of the molecule is Cc1ccc(N(C)C(=O)CC2CC3CCC(C2)N3)c(C)c1. The van der Waals surface area contributed by atoms with Gasteiger partial charge in [-0.1, -0.05) is 17.7 Å². The van der Waals surface area contributed by atoms with Gasteiger partial charge in [-0.05, 0) is 57.1 Å². The third-order valence-corrected chi connectivity index (χ3v) is 5.12. The van der Waals surface area contributed by atoms with Crippen LogP contribution < -0.4 is 10.2 Å². The van der Waals surface area contributed by atoms with Crippen molar-refractivity contribution in [3.8, 4) is 0 Å². The fourth-order valence-electron chi connectivity index (χ4n) is 4.04. The highest BCUT2D eigenvalue weighted by atomic mass is 16.2. The van der Waals surface area contributed by atoms with Crippen LogP contribution in [0.3, 0.4) is 0 Å². The third kappa shape index (κ3) is 3.13. The molecule has 2 fully saturated rings. The summed E-state index contributed by atoms with van der Waals surface area (Å²) in [6.45, 7) is 4.17. The molecule has 3 rings (SSSR count). The normalized spacial score (nSPS) is 27.7. The fourth-order valence-corrected chi connectivity index (χ4v) is 4.04. The van der Waals surface area contributed by atoms with Crippen LogP contribution >= 0.6 is 0 Å². The average Bonchev–Trinajstić information content (AvgIpc) is 2.77. The molecular formula is C18H26N2O. The number of carbonyl (C=O) groups is 1. The maximum atomic E-state index is 12.6. The van der Waals surface area contributed by atoms with Crippen LogP contribution in [0.5, 0.6) is 0 Å². The van der Waals surface area contributed by atoms with E-state index in [1.807, 2.05) is 11.9 Å². The second-order valence-electron chi connectivity index (χ2n) is 6.92. The van der Waals surface area contributed by atoms with Crippen LogP contribution in [0.4, 0.5) is 5.69 Å². The van der Waals surface area contributed by atoms with E-state index >= 15 is 0 Å². The van der Waals surface area contributed by atoms with Gasteiger partial charge in [0, 0.05) is 31.2 Å². The molecule has 21 heavy (non-hydrogen) atoms. The number of fused-ring (bicyclic) bond motifs is 2. The van der Waals surface area contributed by atoms with E-state index in [4.69, 9.17) is 0 Å². The van der Waals surface area contributed by atoms with Gasteiger partial charge in [-0.2, -0.15) is 0 Å². The van der Waals surface area contributed by atoms with Crippen molar-refractivity contribution in [1.29, 1.82) is 0 Å². The van der Waals surface area contributed by atoms with Gasteiger partial charge < -0.3 is 10.2 Å². The molecule has 1 amide bonds. The van der Waals surface area contributed by atoms with Crippen molar-refractivity contribution in [2.24, 2.45) is 5.92 Å². The van der Waals surface area contributed by atoms with Gasteiger partial charge in [0.15, 0.2) is 0 Å². The number of amides is 1. The number of carbonyl (C=O) groups excluding carboxylic acids is 1. The molecule has 0 aliphatic carbocycles. The molecule has 3 nitrogen and oxygen atoms in total. The monoisotopic (exact) mass is 286 g/mol. The minimum atomic E-state index is 0.258. The summed E-state index contributed by atoms with van der Waals surface area (Å²) in [5.41, 5.74) is 3.46. The van der Waals surface area contributed by atoms with Gasteiger partial charge in [0.2, 0.25) is 5.91 Å². The molecule has 2 atom stereocenters. The van der Waals surface area contributed by atoms with E-state index < -0.39 is 0 Å². The molecule has 2 aliphatic rings. The minimum absolute atomic E-state index is 0.258. The lowest BCUT2D eigenvalue weighted by atomic mass is 9.89. The first-order valence-corrected chi connectivity index (χ1v) is 8.13. The second-order valence-corrected chi connectivity index (χ2v) is 6.92. The van der Waals surface area contributed by atoms with Crippen molar-refractivity contribution in [2.45, 2.75) is 58.0 Å². The zero-order valence-electron chi connectivity index (χ0n) is 13.4. The lowest BCUT2D eigenvalue weighted by molar-refractivity contribution is -0.119. The van der Waals surface area contributed by atoms with E-state index in [0.717, 1.165) is 5.69 Å². The van der Waals surface area contributed by atoms with E-state index in [9.17, 15) is 4.79 Å². The molecule has 2 saturated heterocycles. The van der Waals surface area contributed by atoms with Crippen LogP contribution in [0, 0.1) is 19.8 Å². The maximum Gasteiger partial charge on any atom is 0.227 e. The number of anilines is 1. The van der Waals surface area contributed by atoms with Crippen LogP contribution in [-0.4, -0.2) is 25.0 Å². The summed E-state index contributed by atoms with van der Waals surface area (Å²) in [6, 6.07) is 7.61. The van der Waals surface area contributed by atoms with Crippen molar-refractivity contribution in [3.05, 3.63) is 29.3 Å². The molecule has 0 radical (unpaired) electrons. The maximum absolute atomic E-state index is 12.6. The topological polar surface area (TPSA) is 32.3 Å². The van der Waals surface area contributed by atoms with Gasteiger partial charge >= 0.3 is 0 Å². The molecule has 2 heterocycles. The van der Waals surface area contributed by atoms with Crippen molar-refractivity contribution < 1.29 is 4.79 Å². The molecule has 3 heteroatoms. The first kappa shape index (κ1) is 14.6. The molecule has 0 spiro atoms. The summed E-state index contributed by atoms with van der Waals surface area (Å²) in [5.74, 6) is 0.817. The highest BCUT2D eigenvalue weighted by Crippen LogP contribution is 2.33. The zero-order valence-corrected chi connectivity index (χ0v) is 13.4. The first-order chi connectivity index (χ1) is 10.0. The summed E-state index contributed by atoms with van der Waals surface area (Å²) >= 11 is 0. The Balaban J connectivity index is 1.64. The zero-order chi connectivity index (χ0) is 15.0. The standard InChI is InChI=1S/C18H26N2O/c1-12-4-7-17(13(2)8-12)20(3)18(21)11-14-9-15-5-6-16(10-14)19-15/h4,7-8,14-16,19H,5-6,9-11H2,1-3H3. The first-order valence-electron chi connectivity index (χ1n) is 8.13. The smallest absolute Gasteiger partial charge is 0.227 e. The minimum Gasteiger partial charge on any atom is -0.315 e.